The Balaban J connectivity index is 1.67. The summed E-state index contributed by atoms with van der Waals surface area (Å²) in [4.78, 5) is 29.1. The summed E-state index contributed by atoms with van der Waals surface area (Å²) in [6, 6.07) is 7.01. The van der Waals surface area contributed by atoms with Gasteiger partial charge in [-0.2, -0.15) is 23.0 Å². The number of pyridine rings is 1. The molecule has 4 aromatic rings. The van der Waals surface area contributed by atoms with E-state index in [2.05, 4.69) is 30.4 Å². The van der Waals surface area contributed by atoms with Gasteiger partial charge in [0.1, 0.15) is 11.5 Å². The number of carbonyl (C=O) groups is 1. The third-order valence-corrected chi connectivity index (χ3v) is 4.94. The first-order valence-electron chi connectivity index (χ1n) is 9.55. The highest BCUT2D eigenvalue weighted by Crippen LogP contribution is 2.35. The van der Waals surface area contributed by atoms with Gasteiger partial charge in [-0.3, -0.25) is 4.79 Å². The van der Waals surface area contributed by atoms with Gasteiger partial charge >= 0.3 is 6.18 Å². The Kier molecular flexibility index (Phi) is 6.05. The molecule has 12 heteroatoms. The molecule has 1 unspecified atom stereocenters. The predicted octanol–water partition coefficient (Wildman–Crippen LogP) is 4.28. The maximum Gasteiger partial charge on any atom is 0.416 e. The molecule has 0 aliphatic heterocycles. The van der Waals surface area contributed by atoms with E-state index in [1.165, 1.54) is 41.7 Å². The van der Waals surface area contributed by atoms with Crippen LogP contribution in [-0.4, -0.2) is 35.6 Å². The molecule has 33 heavy (non-hydrogen) atoms. The molecule has 1 aromatic carbocycles. The van der Waals surface area contributed by atoms with Crippen molar-refractivity contribution in [3.05, 3.63) is 83.4 Å². The number of alkyl halides is 3. The lowest BCUT2D eigenvalue weighted by molar-refractivity contribution is -0.137. The minimum absolute atomic E-state index is 0.0208. The minimum atomic E-state index is -4.67. The lowest BCUT2D eigenvalue weighted by atomic mass is 10.00. The van der Waals surface area contributed by atoms with Crippen LogP contribution in [0.5, 0.6) is 0 Å². The summed E-state index contributed by atoms with van der Waals surface area (Å²) in [6.45, 7) is 1.62. The number of hydrogen-bond donors (Lipinski definition) is 1. The molecule has 0 bridgehead atoms. The van der Waals surface area contributed by atoms with E-state index in [1.54, 1.807) is 19.1 Å². The molecule has 4 rings (SSSR count). The number of halogens is 4. The minimum Gasteiger partial charge on any atom is -0.342 e. The quantitative estimate of drug-likeness (QED) is 0.434. The van der Waals surface area contributed by atoms with E-state index >= 15 is 0 Å². The van der Waals surface area contributed by atoms with E-state index in [0.717, 1.165) is 12.1 Å². The number of carbonyl (C=O) groups excluding carboxylic acids is 1. The van der Waals surface area contributed by atoms with Gasteiger partial charge in [0.2, 0.25) is 0 Å². The van der Waals surface area contributed by atoms with Crippen molar-refractivity contribution in [2.45, 2.75) is 19.1 Å². The summed E-state index contributed by atoms with van der Waals surface area (Å²) in [7, 11) is 0. The molecule has 168 valence electrons. The molecule has 0 aliphatic carbocycles. The molecule has 0 saturated heterocycles. The Hall–Kier alpha value is -3.86. The SMILES string of the molecule is CC(NC(=O)c1cc(-c2cccnc2Cl)cc(C(F)(F)F)c1)c1ncnn1-c1ncccn1. The lowest BCUT2D eigenvalue weighted by Gasteiger charge is -2.16. The van der Waals surface area contributed by atoms with E-state index in [-0.39, 0.29) is 27.8 Å². The number of nitrogens with zero attached hydrogens (tertiary/aromatic N) is 6. The maximum absolute atomic E-state index is 13.5. The molecule has 3 aromatic heterocycles. The zero-order valence-corrected chi connectivity index (χ0v) is 17.7. The van der Waals surface area contributed by atoms with Crippen molar-refractivity contribution in [1.29, 1.82) is 0 Å². The number of nitrogens with one attached hydrogen (secondary N) is 1. The van der Waals surface area contributed by atoms with Crippen molar-refractivity contribution in [1.82, 2.24) is 35.0 Å². The molecule has 0 fully saturated rings. The van der Waals surface area contributed by atoms with Gasteiger partial charge in [0.15, 0.2) is 5.82 Å². The molecule has 1 amide bonds. The van der Waals surface area contributed by atoms with E-state index in [1.807, 2.05) is 0 Å². The largest absolute Gasteiger partial charge is 0.416 e. The molecule has 0 radical (unpaired) electrons. The topological polar surface area (TPSA) is 98.5 Å². The summed E-state index contributed by atoms with van der Waals surface area (Å²) in [5, 5.41) is 6.72. The predicted molar refractivity (Wildman–Crippen MR) is 113 cm³/mol. The van der Waals surface area contributed by atoms with Crippen LogP contribution in [0.25, 0.3) is 17.1 Å². The van der Waals surface area contributed by atoms with Gasteiger partial charge in [-0.05, 0) is 48.9 Å². The van der Waals surface area contributed by atoms with Crippen molar-refractivity contribution in [2.75, 3.05) is 0 Å². The second kappa shape index (κ2) is 8.94. The lowest BCUT2D eigenvalue weighted by Crippen LogP contribution is -2.29. The maximum atomic E-state index is 13.5. The van der Waals surface area contributed by atoms with Crippen LogP contribution in [0, 0.1) is 0 Å². The van der Waals surface area contributed by atoms with Gasteiger partial charge in [0, 0.05) is 29.7 Å². The van der Waals surface area contributed by atoms with E-state index in [0.29, 0.717) is 5.82 Å². The molecule has 1 N–H and O–H groups in total. The third kappa shape index (κ3) is 4.82. The van der Waals surface area contributed by atoms with Gasteiger partial charge in [0.05, 0.1) is 11.6 Å². The van der Waals surface area contributed by atoms with Gasteiger partial charge < -0.3 is 5.32 Å². The molecule has 0 saturated carbocycles. The Labute approximate surface area is 190 Å². The van der Waals surface area contributed by atoms with Crippen LogP contribution in [0.4, 0.5) is 13.2 Å². The normalized spacial score (nSPS) is 12.4. The van der Waals surface area contributed by atoms with Crippen molar-refractivity contribution < 1.29 is 18.0 Å². The van der Waals surface area contributed by atoms with E-state index < -0.39 is 23.7 Å². The summed E-state index contributed by atoms with van der Waals surface area (Å²) < 4.78 is 41.9. The van der Waals surface area contributed by atoms with Crippen LogP contribution in [-0.2, 0) is 6.18 Å². The first kappa shape index (κ1) is 22.3. The van der Waals surface area contributed by atoms with Gasteiger partial charge in [-0.15, -0.1) is 0 Å². The Morgan fingerprint density at radius 3 is 2.48 bits per heavy atom. The summed E-state index contributed by atoms with van der Waals surface area (Å²) >= 11 is 6.06. The van der Waals surface area contributed by atoms with Crippen LogP contribution in [0.2, 0.25) is 5.15 Å². The molecule has 3 heterocycles. The Bertz CT molecular complexity index is 1290. The number of rotatable bonds is 5. The van der Waals surface area contributed by atoms with Crippen LogP contribution < -0.4 is 5.32 Å². The van der Waals surface area contributed by atoms with Crippen molar-refractivity contribution in [2.24, 2.45) is 0 Å². The standard InChI is InChI=1S/C21H15ClF3N7O/c1-12(18-29-11-30-32(18)20-27-6-3-7-28-20)31-19(33)14-8-13(9-15(10-14)21(23,24)25)16-4-2-5-26-17(16)22/h2-12H,1H3,(H,31,33). The van der Waals surface area contributed by atoms with Crippen LogP contribution in [0.15, 0.2) is 61.3 Å². The van der Waals surface area contributed by atoms with Crippen LogP contribution >= 0.6 is 11.6 Å². The summed E-state index contributed by atoms with van der Waals surface area (Å²) in [6.07, 6.45) is 1.05. The fraction of sp³-hybridized carbons (Fsp3) is 0.143. The Morgan fingerprint density at radius 2 is 1.79 bits per heavy atom. The third-order valence-electron chi connectivity index (χ3n) is 4.64. The monoisotopic (exact) mass is 473 g/mol. The summed E-state index contributed by atoms with van der Waals surface area (Å²) in [5.74, 6) is -0.200. The van der Waals surface area contributed by atoms with E-state index in [4.69, 9.17) is 11.6 Å². The molecule has 1 atom stereocenters. The summed E-state index contributed by atoms with van der Waals surface area (Å²) in [5.41, 5.74) is -0.804. The average Bonchev–Trinajstić information content (AvgIpc) is 3.29. The van der Waals surface area contributed by atoms with E-state index in [9.17, 15) is 18.0 Å². The zero-order chi connectivity index (χ0) is 23.6. The number of aromatic nitrogens is 6. The second-order valence-corrected chi connectivity index (χ2v) is 7.27. The Morgan fingerprint density at radius 1 is 1.06 bits per heavy atom. The highest BCUT2D eigenvalue weighted by atomic mass is 35.5. The first-order chi connectivity index (χ1) is 15.7. The fourth-order valence-corrected chi connectivity index (χ4v) is 3.35. The van der Waals surface area contributed by atoms with Crippen molar-refractivity contribution >= 4 is 17.5 Å². The van der Waals surface area contributed by atoms with Crippen molar-refractivity contribution in [3.8, 4) is 17.1 Å². The smallest absolute Gasteiger partial charge is 0.342 e. The van der Waals surface area contributed by atoms with Gasteiger partial charge in [0.25, 0.3) is 11.9 Å². The average molecular weight is 474 g/mol. The number of benzene rings is 1. The van der Waals surface area contributed by atoms with Gasteiger partial charge in [-0.25, -0.2) is 19.9 Å². The highest BCUT2D eigenvalue weighted by Gasteiger charge is 2.32. The molecule has 0 spiro atoms. The highest BCUT2D eigenvalue weighted by molar-refractivity contribution is 6.32. The first-order valence-corrected chi connectivity index (χ1v) is 9.93. The van der Waals surface area contributed by atoms with Crippen LogP contribution in [0.3, 0.4) is 0 Å². The number of hydrogen-bond acceptors (Lipinski definition) is 6. The van der Waals surface area contributed by atoms with Gasteiger partial charge in [-0.1, -0.05) is 11.6 Å². The number of amides is 1. The zero-order valence-electron chi connectivity index (χ0n) is 17.0. The fourth-order valence-electron chi connectivity index (χ4n) is 3.12. The molecular weight excluding hydrogens is 459 g/mol. The second-order valence-electron chi connectivity index (χ2n) is 6.91. The van der Waals surface area contributed by atoms with Crippen LogP contribution in [0.1, 0.15) is 34.7 Å². The molecule has 0 aliphatic rings. The van der Waals surface area contributed by atoms with Crippen molar-refractivity contribution in [3.63, 3.8) is 0 Å². The molecular formula is C21H15ClF3N7O. The molecule has 8 nitrogen and oxygen atoms in total.